The zero-order valence-corrected chi connectivity index (χ0v) is 13.0. The minimum absolute atomic E-state index is 0.0845. The molecule has 20 heavy (non-hydrogen) atoms. The third-order valence-corrected chi connectivity index (χ3v) is 5.41. The fraction of sp³-hybridized carbons (Fsp3) is 0.455. The molecule has 0 unspecified atom stereocenters. The van der Waals surface area contributed by atoms with E-state index < -0.39 is 27.5 Å². The largest absolute Gasteiger partial charge is 0.477 e. The van der Waals surface area contributed by atoms with Gasteiger partial charge in [-0.1, -0.05) is 0 Å². The van der Waals surface area contributed by atoms with E-state index >= 15 is 0 Å². The van der Waals surface area contributed by atoms with Crippen molar-refractivity contribution in [3.8, 4) is 0 Å². The lowest BCUT2D eigenvalue weighted by Crippen LogP contribution is -2.50. The maximum Gasteiger partial charge on any atom is 0.345 e. The van der Waals surface area contributed by atoms with Gasteiger partial charge in [-0.15, -0.1) is 11.3 Å². The maximum absolute atomic E-state index is 12.2. The Hall–Kier alpha value is -1.45. The summed E-state index contributed by atoms with van der Waals surface area (Å²) < 4.78 is 31.2. The monoisotopic (exact) mass is 321 g/mol. The first-order chi connectivity index (χ1) is 9.01. The number of nitrogens with one attached hydrogen (secondary N) is 1. The van der Waals surface area contributed by atoms with Crippen LogP contribution in [0.1, 0.15) is 28.4 Å². The van der Waals surface area contributed by atoms with E-state index in [0.29, 0.717) is 4.88 Å². The highest BCUT2D eigenvalue weighted by Crippen LogP contribution is 2.26. The van der Waals surface area contributed by atoms with Crippen LogP contribution in [0.15, 0.2) is 11.0 Å². The fourth-order valence-electron chi connectivity index (χ4n) is 1.53. The predicted molar refractivity (Wildman–Crippen MR) is 72.4 cm³/mol. The van der Waals surface area contributed by atoms with Gasteiger partial charge in [0.1, 0.15) is 10.4 Å². The normalized spacial score (nSPS) is 12.2. The first-order valence-electron chi connectivity index (χ1n) is 5.47. The van der Waals surface area contributed by atoms with Crippen molar-refractivity contribution in [3.05, 3.63) is 15.8 Å². The van der Waals surface area contributed by atoms with Gasteiger partial charge < -0.3 is 9.84 Å². The highest BCUT2D eigenvalue weighted by atomic mass is 32.2. The molecule has 0 spiro atoms. The molecule has 1 heterocycles. The lowest BCUT2D eigenvalue weighted by Gasteiger charge is -2.22. The molecular formula is C11H15NO6S2. The molecule has 2 N–H and O–H groups in total. The molecule has 1 aromatic heterocycles. The van der Waals surface area contributed by atoms with Crippen LogP contribution in [0, 0.1) is 6.92 Å². The molecule has 1 aromatic rings. The van der Waals surface area contributed by atoms with Crippen molar-refractivity contribution < 1.29 is 27.9 Å². The van der Waals surface area contributed by atoms with Crippen LogP contribution in [0.25, 0.3) is 0 Å². The molecule has 0 amide bonds. The number of rotatable bonds is 5. The summed E-state index contributed by atoms with van der Waals surface area (Å²) in [6.45, 7) is 4.21. The average Bonchev–Trinajstić information content (AvgIpc) is 2.69. The summed E-state index contributed by atoms with van der Waals surface area (Å²) in [5.74, 6) is -1.95. The molecule has 0 atom stereocenters. The number of carbonyl (C=O) groups excluding carboxylic acids is 1. The van der Waals surface area contributed by atoms with E-state index in [0.717, 1.165) is 24.5 Å². The van der Waals surface area contributed by atoms with Crippen LogP contribution in [0.5, 0.6) is 0 Å². The number of esters is 1. The SMILES string of the molecule is COC(=O)C(C)(C)NS(=O)(=O)c1cc(C(=O)O)sc1C. The molecule has 0 saturated heterocycles. The van der Waals surface area contributed by atoms with E-state index in [1.165, 1.54) is 20.8 Å². The van der Waals surface area contributed by atoms with Crippen molar-refractivity contribution in [3.63, 3.8) is 0 Å². The van der Waals surface area contributed by atoms with Crippen molar-refractivity contribution in [2.24, 2.45) is 0 Å². The van der Waals surface area contributed by atoms with Crippen molar-refractivity contribution >= 4 is 33.3 Å². The smallest absolute Gasteiger partial charge is 0.345 e. The summed E-state index contributed by atoms with van der Waals surface area (Å²) in [5.41, 5.74) is -1.45. The Morgan fingerprint density at radius 1 is 1.40 bits per heavy atom. The Kier molecular flexibility index (Phi) is 4.57. The molecule has 0 aliphatic heterocycles. The Morgan fingerprint density at radius 3 is 2.35 bits per heavy atom. The minimum atomic E-state index is -4.02. The topological polar surface area (TPSA) is 110 Å². The zero-order valence-electron chi connectivity index (χ0n) is 11.4. The molecule has 9 heteroatoms. The van der Waals surface area contributed by atoms with Gasteiger partial charge in [-0.25, -0.2) is 13.2 Å². The van der Waals surface area contributed by atoms with Crippen molar-refractivity contribution in [1.29, 1.82) is 0 Å². The molecule has 0 bridgehead atoms. The number of hydrogen-bond acceptors (Lipinski definition) is 6. The van der Waals surface area contributed by atoms with Gasteiger partial charge in [0.05, 0.1) is 12.0 Å². The van der Waals surface area contributed by atoms with Crippen LogP contribution >= 0.6 is 11.3 Å². The minimum Gasteiger partial charge on any atom is -0.477 e. The van der Waals surface area contributed by atoms with Crippen LogP contribution < -0.4 is 4.72 Å². The zero-order chi connectivity index (χ0) is 15.7. The van der Waals surface area contributed by atoms with E-state index in [9.17, 15) is 18.0 Å². The number of aryl methyl sites for hydroxylation is 1. The molecular weight excluding hydrogens is 306 g/mol. The second kappa shape index (κ2) is 5.51. The number of sulfonamides is 1. The quantitative estimate of drug-likeness (QED) is 0.782. The van der Waals surface area contributed by atoms with E-state index in [-0.39, 0.29) is 9.77 Å². The second-order valence-electron chi connectivity index (χ2n) is 4.56. The predicted octanol–water partition coefficient (Wildman–Crippen LogP) is 0.985. The number of carbonyl (C=O) groups is 2. The molecule has 0 aliphatic carbocycles. The summed E-state index contributed by atoms with van der Waals surface area (Å²) >= 11 is 0.855. The van der Waals surface area contributed by atoms with Crippen molar-refractivity contribution in [2.45, 2.75) is 31.2 Å². The fourth-order valence-corrected chi connectivity index (χ4v) is 4.32. The van der Waals surface area contributed by atoms with Gasteiger partial charge in [-0.3, -0.25) is 4.79 Å². The Balaban J connectivity index is 3.18. The Morgan fingerprint density at radius 2 is 1.95 bits per heavy atom. The summed E-state index contributed by atoms with van der Waals surface area (Å²) in [6.07, 6.45) is 0. The molecule has 112 valence electrons. The van der Waals surface area contributed by atoms with E-state index in [1.807, 2.05) is 0 Å². The molecule has 0 aromatic carbocycles. The van der Waals surface area contributed by atoms with Gasteiger partial charge in [-0.05, 0) is 26.8 Å². The number of methoxy groups -OCH3 is 1. The third-order valence-electron chi connectivity index (χ3n) is 2.46. The lowest BCUT2D eigenvalue weighted by molar-refractivity contribution is -0.146. The van der Waals surface area contributed by atoms with Crippen molar-refractivity contribution in [1.82, 2.24) is 4.72 Å². The van der Waals surface area contributed by atoms with Gasteiger partial charge in [0.2, 0.25) is 10.0 Å². The summed E-state index contributed by atoms with van der Waals surface area (Å²) in [7, 11) is -2.87. The lowest BCUT2D eigenvalue weighted by atomic mass is 10.1. The first kappa shape index (κ1) is 16.6. The number of ether oxygens (including phenoxy) is 1. The number of carboxylic acid groups (broad SMARTS) is 1. The van der Waals surface area contributed by atoms with Gasteiger partial charge in [0.25, 0.3) is 0 Å². The maximum atomic E-state index is 12.2. The molecule has 0 aliphatic rings. The molecule has 1 rings (SSSR count). The van der Waals surface area contributed by atoms with Gasteiger partial charge in [0.15, 0.2) is 0 Å². The van der Waals surface area contributed by atoms with Gasteiger partial charge >= 0.3 is 11.9 Å². The van der Waals surface area contributed by atoms with Gasteiger partial charge in [0, 0.05) is 4.88 Å². The second-order valence-corrected chi connectivity index (χ2v) is 7.47. The first-order valence-corrected chi connectivity index (χ1v) is 7.77. The molecule has 0 saturated carbocycles. The van der Waals surface area contributed by atoms with Crippen LogP contribution in [0.2, 0.25) is 0 Å². The summed E-state index contributed by atoms with van der Waals surface area (Å²) in [4.78, 5) is 22.4. The van der Waals surface area contributed by atoms with E-state index in [1.54, 1.807) is 0 Å². The van der Waals surface area contributed by atoms with Crippen LogP contribution in [-0.4, -0.2) is 38.1 Å². The highest BCUT2D eigenvalue weighted by Gasteiger charge is 2.35. The number of hydrogen-bond donors (Lipinski definition) is 2. The van der Waals surface area contributed by atoms with Crippen molar-refractivity contribution in [2.75, 3.05) is 7.11 Å². The Labute approximate surface area is 120 Å². The molecule has 0 fully saturated rings. The van der Waals surface area contributed by atoms with Crippen LogP contribution in [0.4, 0.5) is 0 Å². The summed E-state index contributed by atoms with van der Waals surface area (Å²) in [6, 6.07) is 1.07. The standard InChI is InChI=1S/C11H15NO6S2/c1-6-8(5-7(19-6)9(13)14)20(16,17)12-11(2,3)10(15)18-4/h5,12H,1-4H3,(H,13,14). The van der Waals surface area contributed by atoms with E-state index in [2.05, 4.69) is 9.46 Å². The van der Waals surface area contributed by atoms with Crippen LogP contribution in [-0.2, 0) is 19.6 Å². The molecule has 0 radical (unpaired) electrons. The number of thiophene rings is 1. The molecule has 7 nitrogen and oxygen atoms in total. The van der Waals surface area contributed by atoms with Crippen LogP contribution in [0.3, 0.4) is 0 Å². The van der Waals surface area contributed by atoms with E-state index in [4.69, 9.17) is 5.11 Å². The summed E-state index contributed by atoms with van der Waals surface area (Å²) in [5, 5.41) is 8.87. The Bertz CT molecular complexity index is 644. The van der Waals surface area contributed by atoms with Gasteiger partial charge in [-0.2, -0.15) is 4.72 Å². The average molecular weight is 321 g/mol. The number of carboxylic acids is 1. The highest BCUT2D eigenvalue weighted by molar-refractivity contribution is 7.89. The third kappa shape index (κ3) is 3.35. The number of aromatic carboxylic acids is 1.